The molecule has 190 valence electrons. The van der Waals surface area contributed by atoms with E-state index in [2.05, 4.69) is 20.6 Å². The minimum Gasteiger partial charge on any atom is -0.379 e. The monoisotopic (exact) mass is 499 g/mol. The molecule has 0 spiro atoms. The number of morpholine rings is 1. The Morgan fingerprint density at radius 3 is 2.42 bits per heavy atom. The molecule has 0 aliphatic carbocycles. The number of carbonyl (C=O) groups is 1. The lowest BCUT2D eigenvalue weighted by Gasteiger charge is -2.35. The summed E-state index contributed by atoms with van der Waals surface area (Å²) in [4.78, 5) is 15.5. The highest BCUT2D eigenvalue weighted by molar-refractivity contribution is 5.99. The molecule has 3 heterocycles. The number of fused-ring (bicyclic) bond motifs is 1. The second kappa shape index (κ2) is 10.3. The molecule has 2 aliphatic rings. The smallest absolute Gasteiger partial charge is 0.379 e. The molecule has 1 amide bonds. The van der Waals surface area contributed by atoms with E-state index in [1.54, 1.807) is 24.3 Å². The lowest BCUT2D eigenvalue weighted by molar-refractivity contribution is -0.173. The van der Waals surface area contributed by atoms with Crippen LogP contribution in [0.1, 0.15) is 46.0 Å². The van der Waals surface area contributed by atoms with Gasteiger partial charge in [0.15, 0.2) is 6.04 Å². The van der Waals surface area contributed by atoms with Crippen molar-refractivity contribution in [3.8, 4) is 0 Å². The fourth-order valence-electron chi connectivity index (χ4n) is 4.94. The minimum absolute atomic E-state index is 0.0811. The molecule has 0 saturated carbocycles. The van der Waals surface area contributed by atoms with E-state index < -0.39 is 24.2 Å². The van der Waals surface area contributed by atoms with Crippen molar-refractivity contribution in [3.05, 3.63) is 83.6 Å². The zero-order valence-corrected chi connectivity index (χ0v) is 19.6. The van der Waals surface area contributed by atoms with Crippen LogP contribution in [-0.4, -0.2) is 59.6 Å². The first-order valence-electron chi connectivity index (χ1n) is 12.0. The van der Waals surface area contributed by atoms with Crippen molar-refractivity contribution in [2.24, 2.45) is 0 Å². The lowest BCUT2D eigenvalue weighted by Crippen LogP contribution is -2.44. The number of alkyl halides is 3. The first kappa shape index (κ1) is 24.3. The molecule has 0 bridgehead atoms. The number of benzene rings is 2. The van der Waals surface area contributed by atoms with Gasteiger partial charge in [-0.15, -0.1) is 0 Å². The van der Waals surface area contributed by atoms with Gasteiger partial charge in [-0.25, -0.2) is 4.68 Å². The highest BCUT2D eigenvalue weighted by Crippen LogP contribution is 2.44. The number of ether oxygens (including phenoxy) is 1. The number of nitrogens with one attached hydrogen (secondary N) is 2. The Morgan fingerprint density at radius 1 is 1.08 bits per heavy atom. The molecule has 2 aliphatic heterocycles. The van der Waals surface area contributed by atoms with Crippen molar-refractivity contribution in [1.29, 1.82) is 0 Å². The van der Waals surface area contributed by atoms with Crippen molar-refractivity contribution >= 4 is 11.7 Å². The van der Waals surface area contributed by atoms with Crippen molar-refractivity contribution < 1.29 is 22.7 Å². The van der Waals surface area contributed by atoms with E-state index in [0.717, 1.165) is 28.9 Å². The van der Waals surface area contributed by atoms with E-state index in [4.69, 9.17) is 4.74 Å². The van der Waals surface area contributed by atoms with E-state index in [9.17, 15) is 18.0 Å². The van der Waals surface area contributed by atoms with Crippen LogP contribution in [0.15, 0.2) is 66.9 Å². The van der Waals surface area contributed by atoms with Gasteiger partial charge in [-0.1, -0.05) is 60.7 Å². The molecule has 5 rings (SSSR count). The van der Waals surface area contributed by atoms with Crippen LogP contribution in [0, 0.1) is 0 Å². The molecule has 10 heteroatoms. The van der Waals surface area contributed by atoms with Gasteiger partial charge in [-0.3, -0.25) is 9.69 Å². The molecule has 7 nitrogen and oxygen atoms in total. The highest BCUT2D eigenvalue weighted by atomic mass is 19.4. The largest absolute Gasteiger partial charge is 0.410 e. The van der Waals surface area contributed by atoms with Gasteiger partial charge >= 0.3 is 6.18 Å². The predicted molar refractivity (Wildman–Crippen MR) is 129 cm³/mol. The second-order valence-corrected chi connectivity index (χ2v) is 9.04. The molecular weight excluding hydrogens is 471 g/mol. The molecule has 3 atom stereocenters. The fourth-order valence-corrected chi connectivity index (χ4v) is 4.94. The molecule has 3 aromatic rings. The summed E-state index contributed by atoms with van der Waals surface area (Å²) in [6.45, 7) is 2.98. The molecule has 1 saturated heterocycles. The first-order chi connectivity index (χ1) is 17.4. The second-order valence-electron chi connectivity index (χ2n) is 9.04. The van der Waals surface area contributed by atoms with Crippen LogP contribution in [-0.2, 0) is 4.74 Å². The summed E-state index contributed by atoms with van der Waals surface area (Å²) < 4.78 is 48.3. The van der Waals surface area contributed by atoms with Gasteiger partial charge in [-0.05, 0) is 11.1 Å². The van der Waals surface area contributed by atoms with Crippen molar-refractivity contribution in [3.63, 3.8) is 0 Å². The third kappa shape index (κ3) is 5.10. The summed E-state index contributed by atoms with van der Waals surface area (Å²) in [5, 5.41) is 10.1. The fraction of sp³-hybridized carbons (Fsp3) is 0.385. The summed E-state index contributed by atoms with van der Waals surface area (Å²) in [6, 6.07) is 16.3. The van der Waals surface area contributed by atoms with E-state index in [-0.39, 0.29) is 23.8 Å². The summed E-state index contributed by atoms with van der Waals surface area (Å²) in [5.41, 5.74) is 1.87. The maximum atomic E-state index is 14.0. The standard InChI is InChI=1S/C26H28F3N5O2/c27-26(28,29)23-15-21(18-7-3-1-4-8-18)32-24-20(16-31-34(23)24)25(35)30-17-22(19-9-5-2-6-10-19)33-11-13-36-14-12-33/h1-10,16,21-23,32H,11-15,17H2,(H,30,35). The van der Waals surface area contributed by atoms with E-state index in [1.807, 2.05) is 36.4 Å². The molecule has 36 heavy (non-hydrogen) atoms. The van der Waals surface area contributed by atoms with E-state index >= 15 is 0 Å². The molecule has 1 fully saturated rings. The molecule has 2 N–H and O–H groups in total. The number of aromatic nitrogens is 2. The zero-order valence-electron chi connectivity index (χ0n) is 19.6. The van der Waals surface area contributed by atoms with Gasteiger partial charge in [0, 0.05) is 26.1 Å². The van der Waals surface area contributed by atoms with Crippen LogP contribution >= 0.6 is 0 Å². The summed E-state index contributed by atoms with van der Waals surface area (Å²) >= 11 is 0. The van der Waals surface area contributed by atoms with Crippen LogP contribution in [0.2, 0.25) is 0 Å². The Balaban J connectivity index is 1.38. The Morgan fingerprint density at radius 2 is 1.75 bits per heavy atom. The average Bonchev–Trinajstić information content (AvgIpc) is 3.33. The maximum Gasteiger partial charge on any atom is 0.410 e. The number of anilines is 1. The maximum absolute atomic E-state index is 14.0. The van der Waals surface area contributed by atoms with Gasteiger partial charge in [-0.2, -0.15) is 18.3 Å². The van der Waals surface area contributed by atoms with Gasteiger partial charge in [0.2, 0.25) is 0 Å². The van der Waals surface area contributed by atoms with Gasteiger partial charge in [0.1, 0.15) is 11.4 Å². The lowest BCUT2D eigenvalue weighted by atomic mass is 9.96. The van der Waals surface area contributed by atoms with Crippen molar-refractivity contribution in [1.82, 2.24) is 20.0 Å². The average molecular weight is 500 g/mol. The van der Waals surface area contributed by atoms with Crippen LogP contribution in [0.4, 0.5) is 19.0 Å². The number of hydrogen-bond acceptors (Lipinski definition) is 5. The zero-order chi connectivity index (χ0) is 25.1. The van der Waals surface area contributed by atoms with Gasteiger partial charge in [0.25, 0.3) is 5.91 Å². The number of nitrogens with zero attached hydrogens (tertiary/aromatic N) is 3. The molecule has 0 radical (unpaired) electrons. The predicted octanol–water partition coefficient (Wildman–Crippen LogP) is 4.35. The van der Waals surface area contributed by atoms with Crippen LogP contribution in [0.3, 0.4) is 0 Å². The van der Waals surface area contributed by atoms with E-state index in [1.165, 1.54) is 6.20 Å². The minimum atomic E-state index is -4.50. The summed E-state index contributed by atoms with van der Waals surface area (Å²) in [6.07, 6.45) is -3.50. The number of halogens is 3. The molecule has 3 unspecified atom stereocenters. The van der Waals surface area contributed by atoms with E-state index in [0.29, 0.717) is 19.8 Å². The Kier molecular flexibility index (Phi) is 6.97. The number of rotatable bonds is 6. The van der Waals surface area contributed by atoms with Crippen LogP contribution in [0.5, 0.6) is 0 Å². The number of amides is 1. The normalized spacial score (nSPS) is 21.3. The van der Waals surface area contributed by atoms with Crippen LogP contribution < -0.4 is 10.6 Å². The number of carbonyl (C=O) groups excluding carboxylic acids is 1. The number of hydrogen-bond donors (Lipinski definition) is 2. The Labute approximate surface area is 207 Å². The quantitative estimate of drug-likeness (QED) is 0.528. The topological polar surface area (TPSA) is 71.4 Å². The Bertz CT molecular complexity index is 1160. The summed E-state index contributed by atoms with van der Waals surface area (Å²) in [7, 11) is 0. The SMILES string of the molecule is O=C(NCC(c1ccccc1)N1CCOCC1)c1cnn2c1NC(c1ccccc1)CC2C(F)(F)F. The molecular formula is C26H28F3N5O2. The van der Waals surface area contributed by atoms with Crippen molar-refractivity contribution in [2.75, 3.05) is 38.2 Å². The summed E-state index contributed by atoms with van der Waals surface area (Å²) in [5.74, 6) is -0.384. The van der Waals surface area contributed by atoms with Gasteiger partial charge in [0.05, 0.1) is 31.5 Å². The molecule has 1 aromatic heterocycles. The van der Waals surface area contributed by atoms with Crippen LogP contribution in [0.25, 0.3) is 0 Å². The first-order valence-corrected chi connectivity index (χ1v) is 12.0. The van der Waals surface area contributed by atoms with Gasteiger partial charge < -0.3 is 15.4 Å². The molecule has 2 aromatic carbocycles. The third-order valence-corrected chi connectivity index (χ3v) is 6.81. The van der Waals surface area contributed by atoms with Crippen molar-refractivity contribution in [2.45, 2.75) is 30.7 Å². The third-order valence-electron chi connectivity index (χ3n) is 6.81. The highest BCUT2D eigenvalue weighted by Gasteiger charge is 2.47. The Hall–Kier alpha value is -3.37.